The van der Waals surface area contributed by atoms with Gasteiger partial charge in [0.25, 0.3) is 5.92 Å². The van der Waals surface area contributed by atoms with Gasteiger partial charge < -0.3 is 20.1 Å². The number of alkyl halides is 2. The molecule has 0 bridgehead atoms. The van der Waals surface area contributed by atoms with Crippen LogP contribution < -0.4 is 10.1 Å². The summed E-state index contributed by atoms with van der Waals surface area (Å²) in [4.78, 5) is 13.4. The second-order valence-electron chi connectivity index (χ2n) is 6.50. The Labute approximate surface area is 156 Å². The average Bonchev–Trinajstić information content (AvgIpc) is 2.66. The summed E-state index contributed by atoms with van der Waals surface area (Å²) in [7, 11) is 0. The van der Waals surface area contributed by atoms with Crippen molar-refractivity contribution in [3.8, 4) is 5.75 Å². The molecule has 2 aromatic carbocycles. The third kappa shape index (κ3) is 4.95. The number of amides is 2. The number of ether oxygens (including phenoxy) is 1. The number of piperidine rings is 1. The highest BCUT2D eigenvalue weighted by atomic mass is 19.3. The molecule has 1 atom stereocenters. The van der Waals surface area contributed by atoms with E-state index in [1.165, 1.54) is 0 Å². The first-order chi connectivity index (χ1) is 13.0. The van der Waals surface area contributed by atoms with E-state index in [9.17, 15) is 18.7 Å². The summed E-state index contributed by atoms with van der Waals surface area (Å²) in [6, 6.07) is 16.1. The molecule has 7 heteroatoms. The zero-order chi connectivity index (χ0) is 19.3. The lowest BCUT2D eigenvalue weighted by molar-refractivity contribution is -0.140. The number of nitrogens with one attached hydrogen (secondary N) is 1. The van der Waals surface area contributed by atoms with E-state index in [0.717, 1.165) is 10.5 Å². The fourth-order valence-corrected chi connectivity index (χ4v) is 2.92. The zero-order valence-corrected chi connectivity index (χ0v) is 14.8. The number of aliphatic hydroxyl groups excluding tert-OH is 1. The van der Waals surface area contributed by atoms with Crippen LogP contribution in [0.4, 0.5) is 19.3 Å². The largest absolute Gasteiger partial charge is 0.491 e. The quantitative estimate of drug-likeness (QED) is 0.839. The number of hydrogen-bond donors (Lipinski definition) is 2. The monoisotopic (exact) mass is 376 g/mol. The van der Waals surface area contributed by atoms with E-state index in [4.69, 9.17) is 4.74 Å². The molecule has 0 aliphatic carbocycles. The predicted octanol–water partition coefficient (Wildman–Crippen LogP) is 3.54. The van der Waals surface area contributed by atoms with Crippen LogP contribution in [0, 0.1) is 0 Å². The van der Waals surface area contributed by atoms with E-state index in [1.807, 2.05) is 30.3 Å². The maximum Gasteiger partial charge on any atom is 0.322 e. The molecule has 1 aliphatic rings. The van der Waals surface area contributed by atoms with E-state index < -0.39 is 24.6 Å². The summed E-state index contributed by atoms with van der Waals surface area (Å²) >= 11 is 0. The van der Waals surface area contributed by atoms with Crippen molar-refractivity contribution < 1.29 is 23.4 Å². The fraction of sp³-hybridized carbons (Fsp3) is 0.350. The smallest absolute Gasteiger partial charge is 0.322 e. The maximum absolute atomic E-state index is 13.7. The minimum atomic E-state index is -3.30. The number of anilines is 1. The summed E-state index contributed by atoms with van der Waals surface area (Å²) in [5.74, 6) is -2.83. The Morgan fingerprint density at radius 1 is 1.19 bits per heavy atom. The Balaban J connectivity index is 1.59. The van der Waals surface area contributed by atoms with Crippen molar-refractivity contribution >= 4 is 11.7 Å². The van der Waals surface area contributed by atoms with Crippen LogP contribution in [-0.4, -0.2) is 47.8 Å². The third-order valence-corrected chi connectivity index (χ3v) is 4.47. The molecule has 1 saturated heterocycles. The molecule has 1 aliphatic heterocycles. The van der Waals surface area contributed by atoms with Crippen molar-refractivity contribution in [2.75, 3.05) is 25.0 Å². The minimum absolute atomic E-state index is 0.0691. The number of hydrogen-bond acceptors (Lipinski definition) is 3. The standard InChI is InChI=1S/C20H22F2N2O3/c21-20(22)14-24(12-10-18(20)25)19(26)23-16-8-4-5-9-17(16)27-13-11-15-6-2-1-3-7-15/h1-9,18,25H,10-14H2,(H,23,26). The van der Waals surface area contributed by atoms with E-state index >= 15 is 0 Å². The second kappa shape index (κ2) is 8.35. The molecule has 1 heterocycles. The highest BCUT2D eigenvalue weighted by Crippen LogP contribution is 2.29. The van der Waals surface area contributed by atoms with E-state index in [1.54, 1.807) is 24.3 Å². The first-order valence-corrected chi connectivity index (χ1v) is 8.83. The number of para-hydroxylation sites is 2. The number of halogens is 2. The number of rotatable bonds is 5. The van der Waals surface area contributed by atoms with Crippen molar-refractivity contribution in [3.63, 3.8) is 0 Å². The van der Waals surface area contributed by atoms with Crippen LogP contribution in [-0.2, 0) is 6.42 Å². The summed E-state index contributed by atoms with van der Waals surface area (Å²) in [5, 5.41) is 12.0. The van der Waals surface area contributed by atoms with Gasteiger partial charge in [-0.1, -0.05) is 42.5 Å². The summed E-state index contributed by atoms with van der Waals surface area (Å²) in [6.45, 7) is -0.318. The topological polar surface area (TPSA) is 61.8 Å². The predicted molar refractivity (Wildman–Crippen MR) is 98.2 cm³/mol. The van der Waals surface area contributed by atoms with Gasteiger partial charge in [-0.15, -0.1) is 0 Å². The number of carbonyl (C=O) groups excluding carboxylic acids is 1. The molecule has 0 aromatic heterocycles. The van der Waals surface area contributed by atoms with Gasteiger partial charge in [0.05, 0.1) is 18.8 Å². The number of nitrogens with zero attached hydrogens (tertiary/aromatic N) is 1. The second-order valence-corrected chi connectivity index (χ2v) is 6.50. The van der Waals surface area contributed by atoms with Crippen LogP contribution in [0.1, 0.15) is 12.0 Å². The summed E-state index contributed by atoms with van der Waals surface area (Å²) < 4.78 is 33.1. The Kier molecular flexibility index (Phi) is 5.91. The van der Waals surface area contributed by atoms with Crippen molar-refractivity contribution in [1.82, 2.24) is 4.90 Å². The minimum Gasteiger partial charge on any atom is -0.491 e. The molecule has 2 aromatic rings. The van der Waals surface area contributed by atoms with E-state index in [-0.39, 0.29) is 13.0 Å². The van der Waals surface area contributed by atoms with Crippen LogP contribution >= 0.6 is 0 Å². The Hall–Kier alpha value is -2.67. The molecule has 1 fully saturated rings. The van der Waals surface area contributed by atoms with E-state index in [0.29, 0.717) is 24.5 Å². The van der Waals surface area contributed by atoms with Gasteiger partial charge in [0, 0.05) is 13.0 Å². The highest BCUT2D eigenvalue weighted by molar-refractivity contribution is 5.91. The maximum atomic E-state index is 13.7. The lowest BCUT2D eigenvalue weighted by Gasteiger charge is -2.35. The van der Waals surface area contributed by atoms with Gasteiger partial charge in [0.2, 0.25) is 0 Å². The molecule has 5 nitrogen and oxygen atoms in total. The van der Waals surface area contributed by atoms with Crippen molar-refractivity contribution in [3.05, 3.63) is 60.2 Å². The molecule has 1 unspecified atom stereocenters. The first-order valence-electron chi connectivity index (χ1n) is 8.83. The number of benzene rings is 2. The normalized spacial score (nSPS) is 18.8. The molecule has 0 saturated carbocycles. The van der Waals surface area contributed by atoms with Gasteiger partial charge in [0.15, 0.2) is 0 Å². The van der Waals surface area contributed by atoms with Crippen LogP contribution in [0.2, 0.25) is 0 Å². The molecule has 0 radical (unpaired) electrons. The SMILES string of the molecule is O=C(Nc1ccccc1OCCc1ccccc1)N1CCC(O)C(F)(F)C1. The Morgan fingerprint density at radius 2 is 1.89 bits per heavy atom. The lowest BCUT2D eigenvalue weighted by atomic mass is 10.0. The van der Waals surface area contributed by atoms with Crippen LogP contribution in [0.5, 0.6) is 5.75 Å². The highest BCUT2D eigenvalue weighted by Gasteiger charge is 2.45. The number of likely N-dealkylation sites (tertiary alicyclic amines) is 1. The molecule has 2 N–H and O–H groups in total. The average molecular weight is 376 g/mol. The van der Waals surface area contributed by atoms with Crippen LogP contribution in [0.3, 0.4) is 0 Å². The molecule has 3 rings (SSSR count). The van der Waals surface area contributed by atoms with Gasteiger partial charge in [-0.25, -0.2) is 13.6 Å². The molecular formula is C20H22F2N2O3. The first kappa shape index (κ1) is 19.1. The third-order valence-electron chi connectivity index (χ3n) is 4.47. The lowest BCUT2D eigenvalue weighted by Crippen LogP contribution is -2.54. The van der Waals surface area contributed by atoms with Gasteiger partial charge in [-0.05, 0) is 24.1 Å². The van der Waals surface area contributed by atoms with Crippen molar-refractivity contribution in [2.45, 2.75) is 24.9 Å². The van der Waals surface area contributed by atoms with Gasteiger partial charge in [-0.2, -0.15) is 0 Å². The Bertz CT molecular complexity index is 771. The number of carbonyl (C=O) groups is 1. The summed E-state index contributed by atoms with van der Waals surface area (Å²) in [5.41, 5.74) is 1.55. The molecule has 144 valence electrons. The van der Waals surface area contributed by atoms with Gasteiger partial charge in [0.1, 0.15) is 11.9 Å². The van der Waals surface area contributed by atoms with Crippen LogP contribution in [0.15, 0.2) is 54.6 Å². The van der Waals surface area contributed by atoms with Gasteiger partial charge >= 0.3 is 6.03 Å². The molecule has 27 heavy (non-hydrogen) atoms. The van der Waals surface area contributed by atoms with Gasteiger partial charge in [-0.3, -0.25) is 0 Å². The molecule has 2 amide bonds. The zero-order valence-electron chi connectivity index (χ0n) is 14.8. The van der Waals surface area contributed by atoms with Crippen molar-refractivity contribution in [2.24, 2.45) is 0 Å². The number of aliphatic hydroxyl groups is 1. The van der Waals surface area contributed by atoms with Crippen LogP contribution in [0.25, 0.3) is 0 Å². The fourth-order valence-electron chi connectivity index (χ4n) is 2.92. The molecular weight excluding hydrogens is 354 g/mol. The summed E-state index contributed by atoms with van der Waals surface area (Å²) in [6.07, 6.45) is -1.16. The number of urea groups is 1. The Morgan fingerprint density at radius 3 is 2.63 bits per heavy atom. The van der Waals surface area contributed by atoms with E-state index in [2.05, 4.69) is 5.32 Å². The molecule has 0 spiro atoms. The van der Waals surface area contributed by atoms with Crippen molar-refractivity contribution in [1.29, 1.82) is 0 Å².